The lowest BCUT2D eigenvalue weighted by atomic mass is 10.1. The summed E-state index contributed by atoms with van der Waals surface area (Å²) in [6.07, 6.45) is 3.53. The van der Waals surface area contributed by atoms with E-state index >= 15 is 0 Å². The molecule has 0 aliphatic carbocycles. The van der Waals surface area contributed by atoms with Crippen LogP contribution < -0.4 is 15.8 Å². The molecule has 2 heterocycles. The topological polar surface area (TPSA) is 157 Å². The number of aromatic nitrogens is 3. The first-order chi connectivity index (χ1) is 14.3. The largest absolute Gasteiger partial charge is 0.355 e. The van der Waals surface area contributed by atoms with Gasteiger partial charge in [0, 0.05) is 24.3 Å². The van der Waals surface area contributed by atoms with Crippen molar-refractivity contribution in [3.63, 3.8) is 0 Å². The van der Waals surface area contributed by atoms with Gasteiger partial charge in [-0.2, -0.15) is 0 Å². The summed E-state index contributed by atoms with van der Waals surface area (Å²) in [6.45, 7) is 0.382. The molecule has 12 heteroatoms. The maximum atomic E-state index is 12.1. The van der Waals surface area contributed by atoms with Gasteiger partial charge < -0.3 is 5.32 Å². The number of anilines is 1. The van der Waals surface area contributed by atoms with Crippen LogP contribution in [0.3, 0.4) is 0 Å². The van der Waals surface area contributed by atoms with Crippen LogP contribution in [-0.2, 0) is 27.7 Å². The molecule has 4 N–H and O–H groups in total. The smallest absolute Gasteiger partial charge is 0.295 e. The third-order valence-corrected chi connectivity index (χ3v) is 5.61. The summed E-state index contributed by atoms with van der Waals surface area (Å²) in [5.74, 6) is -0.663. The number of nitrogens with zero attached hydrogens (tertiary/aromatic N) is 3. The fourth-order valence-electron chi connectivity index (χ4n) is 2.43. The standard InChI is InChI=1S/C18H18N6O4S2/c19-30(27,28)14-4-2-12(3-5-14)6-9-20-15(25)10-13-11-29-18(23-13)24-17(26)16-21-7-1-8-22-16/h1-5,7-8,11H,6,9-10H2,(H,20,25)(H2,19,27,28)(H,23,24,26). The van der Waals surface area contributed by atoms with E-state index in [0.29, 0.717) is 23.8 Å². The zero-order valence-electron chi connectivity index (χ0n) is 15.6. The van der Waals surface area contributed by atoms with Crippen LogP contribution in [0.5, 0.6) is 0 Å². The molecule has 0 spiro atoms. The lowest BCUT2D eigenvalue weighted by molar-refractivity contribution is -0.120. The number of benzene rings is 1. The molecule has 0 radical (unpaired) electrons. The minimum atomic E-state index is -3.72. The van der Waals surface area contributed by atoms with E-state index in [1.165, 1.54) is 35.9 Å². The Bertz CT molecular complexity index is 1130. The van der Waals surface area contributed by atoms with Crippen molar-refractivity contribution in [1.82, 2.24) is 20.3 Å². The molecule has 0 aliphatic heterocycles. The lowest BCUT2D eigenvalue weighted by Gasteiger charge is -2.05. The molecule has 3 aromatic rings. The third kappa shape index (κ3) is 6.14. The van der Waals surface area contributed by atoms with Crippen LogP contribution in [0.2, 0.25) is 0 Å². The van der Waals surface area contributed by atoms with Crippen molar-refractivity contribution in [1.29, 1.82) is 0 Å². The number of amides is 2. The number of rotatable bonds is 8. The second-order valence-electron chi connectivity index (χ2n) is 6.14. The molecule has 0 aliphatic rings. The summed E-state index contributed by atoms with van der Waals surface area (Å²) >= 11 is 1.20. The van der Waals surface area contributed by atoms with Crippen molar-refractivity contribution in [2.24, 2.45) is 5.14 Å². The van der Waals surface area contributed by atoms with Crippen LogP contribution in [0.25, 0.3) is 0 Å². The van der Waals surface area contributed by atoms with Gasteiger partial charge in [-0.3, -0.25) is 14.9 Å². The molecular formula is C18H18N6O4S2. The summed E-state index contributed by atoms with van der Waals surface area (Å²) in [7, 11) is -3.72. The fourth-order valence-corrected chi connectivity index (χ4v) is 3.65. The number of carbonyl (C=O) groups is 2. The molecule has 1 aromatic carbocycles. The van der Waals surface area contributed by atoms with E-state index in [2.05, 4.69) is 25.6 Å². The second kappa shape index (κ2) is 9.52. The average Bonchev–Trinajstić information content (AvgIpc) is 3.15. The Hall–Kier alpha value is -3.22. The van der Waals surface area contributed by atoms with Gasteiger partial charge in [0.15, 0.2) is 5.13 Å². The predicted octanol–water partition coefficient (Wildman–Crippen LogP) is 0.734. The van der Waals surface area contributed by atoms with Crippen LogP contribution in [0.15, 0.2) is 53.0 Å². The number of thiazole rings is 1. The lowest BCUT2D eigenvalue weighted by Crippen LogP contribution is -2.27. The molecule has 0 saturated heterocycles. The highest BCUT2D eigenvalue weighted by Crippen LogP contribution is 2.16. The minimum absolute atomic E-state index is 0.0316. The Kier molecular flexibility index (Phi) is 6.82. The van der Waals surface area contributed by atoms with E-state index in [0.717, 1.165) is 5.56 Å². The highest BCUT2D eigenvalue weighted by atomic mass is 32.2. The Morgan fingerprint density at radius 3 is 2.47 bits per heavy atom. The van der Waals surface area contributed by atoms with Gasteiger partial charge in [-0.25, -0.2) is 28.5 Å². The van der Waals surface area contributed by atoms with Crippen molar-refractivity contribution >= 4 is 38.3 Å². The van der Waals surface area contributed by atoms with Crippen molar-refractivity contribution in [2.45, 2.75) is 17.7 Å². The van der Waals surface area contributed by atoms with E-state index in [4.69, 9.17) is 5.14 Å². The Balaban J connectivity index is 1.45. The number of sulfonamides is 1. The molecule has 0 fully saturated rings. The highest BCUT2D eigenvalue weighted by Gasteiger charge is 2.13. The molecule has 2 amide bonds. The molecule has 2 aromatic heterocycles. The van der Waals surface area contributed by atoms with Crippen LogP contribution in [0.1, 0.15) is 21.9 Å². The fraction of sp³-hybridized carbons (Fsp3) is 0.167. The second-order valence-corrected chi connectivity index (χ2v) is 8.56. The zero-order chi connectivity index (χ0) is 21.6. The van der Waals surface area contributed by atoms with Gasteiger partial charge in [0.25, 0.3) is 5.91 Å². The van der Waals surface area contributed by atoms with Gasteiger partial charge in [-0.05, 0) is 30.2 Å². The first kappa shape index (κ1) is 21.5. The predicted molar refractivity (Wildman–Crippen MR) is 110 cm³/mol. The molecule has 10 nitrogen and oxygen atoms in total. The van der Waals surface area contributed by atoms with Crippen LogP contribution >= 0.6 is 11.3 Å². The maximum Gasteiger partial charge on any atom is 0.295 e. The maximum absolute atomic E-state index is 12.1. The van der Waals surface area contributed by atoms with Gasteiger partial charge in [0.2, 0.25) is 21.8 Å². The monoisotopic (exact) mass is 446 g/mol. The normalized spacial score (nSPS) is 11.1. The van der Waals surface area contributed by atoms with Crippen molar-refractivity contribution in [3.05, 3.63) is 65.2 Å². The Labute approximate surface area is 176 Å². The first-order valence-electron chi connectivity index (χ1n) is 8.72. The number of nitrogens with two attached hydrogens (primary N) is 1. The average molecular weight is 447 g/mol. The summed E-state index contributed by atoms with van der Waals surface area (Å²) in [5, 5.41) is 12.5. The highest BCUT2D eigenvalue weighted by molar-refractivity contribution is 7.89. The molecule has 0 saturated carbocycles. The third-order valence-electron chi connectivity index (χ3n) is 3.87. The van der Waals surface area contributed by atoms with Gasteiger partial charge in [-0.15, -0.1) is 11.3 Å². The number of primary sulfonamides is 1. The van der Waals surface area contributed by atoms with Crippen molar-refractivity contribution in [2.75, 3.05) is 11.9 Å². The van der Waals surface area contributed by atoms with Gasteiger partial charge in [0.1, 0.15) is 0 Å². The summed E-state index contributed by atoms with van der Waals surface area (Å²) in [4.78, 5) is 36.1. The number of carbonyl (C=O) groups excluding carboxylic acids is 2. The van der Waals surface area contributed by atoms with Gasteiger partial charge in [0.05, 0.1) is 17.0 Å². The summed E-state index contributed by atoms with van der Waals surface area (Å²) in [5.41, 5.74) is 1.39. The van der Waals surface area contributed by atoms with Crippen LogP contribution in [0.4, 0.5) is 5.13 Å². The molecule has 3 rings (SSSR count). The Morgan fingerprint density at radius 2 is 1.80 bits per heavy atom. The van der Waals surface area contributed by atoms with Crippen LogP contribution in [0, 0.1) is 0 Å². The first-order valence-corrected chi connectivity index (χ1v) is 11.1. The van der Waals surface area contributed by atoms with Crippen molar-refractivity contribution in [3.8, 4) is 0 Å². The van der Waals surface area contributed by atoms with Crippen molar-refractivity contribution < 1.29 is 18.0 Å². The molecular weight excluding hydrogens is 428 g/mol. The van der Waals surface area contributed by atoms with Gasteiger partial charge >= 0.3 is 0 Å². The SMILES string of the molecule is NS(=O)(=O)c1ccc(CCNC(=O)Cc2csc(NC(=O)c3ncccn3)n2)cc1. The molecule has 0 atom stereocenters. The van der Waals surface area contributed by atoms with Gasteiger partial charge in [-0.1, -0.05) is 12.1 Å². The minimum Gasteiger partial charge on any atom is -0.355 e. The number of hydrogen-bond acceptors (Lipinski definition) is 8. The summed E-state index contributed by atoms with van der Waals surface area (Å²) in [6, 6.07) is 7.77. The number of hydrogen-bond donors (Lipinski definition) is 3. The van der Waals surface area contributed by atoms with E-state index in [9.17, 15) is 18.0 Å². The molecule has 30 heavy (non-hydrogen) atoms. The zero-order valence-corrected chi connectivity index (χ0v) is 17.2. The van der Waals surface area contributed by atoms with Crippen LogP contribution in [-0.4, -0.2) is 41.7 Å². The number of nitrogens with one attached hydrogen (secondary N) is 2. The van der Waals surface area contributed by atoms with E-state index in [-0.39, 0.29) is 23.0 Å². The quantitative estimate of drug-likeness (QED) is 0.460. The van der Waals surface area contributed by atoms with E-state index < -0.39 is 15.9 Å². The molecule has 0 bridgehead atoms. The summed E-state index contributed by atoms with van der Waals surface area (Å²) < 4.78 is 22.5. The van der Waals surface area contributed by atoms with E-state index in [1.807, 2.05) is 0 Å². The molecule has 156 valence electrons. The van der Waals surface area contributed by atoms with E-state index in [1.54, 1.807) is 23.6 Å². The molecule has 0 unspecified atom stereocenters. The Morgan fingerprint density at radius 1 is 1.10 bits per heavy atom.